The van der Waals surface area contributed by atoms with Crippen molar-refractivity contribution in [3.05, 3.63) is 107 Å². The number of nitrogens with one attached hydrogen (secondary N) is 4. The number of hydrogen-bond acceptors (Lipinski definition) is 9. The number of anilines is 1. The lowest BCUT2D eigenvalue weighted by atomic mass is 10.0. The van der Waals surface area contributed by atoms with E-state index in [0.29, 0.717) is 44.8 Å². The van der Waals surface area contributed by atoms with Crippen LogP contribution in [0.15, 0.2) is 72.9 Å². The van der Waals surface area contributed by atoms with Gasteiger partial charge in [-0.25, -0.2) is 14.6 Å². The van der Waals surface area contributed by atoms with Crippen LogP contribution < -0.4 is 21.3 Å². The lowest BCUT2D eigenvalue weighted by Gasteiger charge is -2.27. The van der Waals surface area contributed by atoms with Crippen molar-refractivity contribution in [2.75, 3.05) is 31.6 Å². The first kappa shape index (κ1) is 35.8. The van der Waals surface area contributed by atoms with Crippen LogP contribution in [0.25, 0.3) is 22.2 Å². The molecule has 280 valence electrons. The molecular formula is C42H49N9O3. The molecular weight excluding hydrogens is 679 g/mol. The summed E-state index contributed by atoms with van der Waals surface area (Å²) in [5.74, 6) is -0.706. The van der Waals surface area contributed by atoms with E-state index in [1.807, 2.05) is 23.0 Å². The molecule has 0 aliphatic carbocycles. The van der Waals surface area contributed by atoms with Crippen LogP contribution in [0.5, 0.6) is 0 Å². The summed E-state index contributed by atoms with van der Waals surface area (Å²) in [6.45, 7) is 10.00. The Bertz CT molecular complexity index is 2140. The topological polar surface area (TPSA) is 138 Å². The van der Waals surface area contributed by atoms with Gasteiger partial charge in [0.2, 0.25) is 0 Å². The van der Waals surface area contributed by atoms with Crippen molar-refractivity contribution in [3.8, 4) is 11.1 Å². The second-order valence-corrected chi connectivity index (χ2v) is 14.6. The van der Waals surface area contributed by atoms with Crippen molar-refractivity contribution in [3.63, 3.8) is 0 Å². The first-order valence-electron chi connectivity index (χ1n) is 19.4. The number of aromatic nitrogens is 4. The number of carbonyl (C=O) groups is 2. The molecule has 54 heavy (non-hydrogen) atoms. The number of ether oxygens (including phenoxy) is 1. The van der Waals surface area contributed by atoms with E-state index < -0.39 is 0 Å². The largest absolute Gasteiger partial charge is 0.381 e. The molecule has 6 heterocycles. The highest BCUT2D eigenvalue weighted by atomic mass is 16.5. The number of rotatable bonds is 13. The third-order valence-corrected chi connectivity index (χ3v) is 11.0. The first-order valence-corrected chi connectivity index (χ1v) is 19.4. The summed E-state index contributed by atoms with van der Waals surface area (Å²) in [5.41, 5.74) is 8.53. The number of aryl methyl sites for hydroxylation is 2. The number of piperazine rings is 1. The summed E-state index contributed by atoms with van der Waals surface area (Å²) >= 11 is 0. The molecule has 2 bridgehead atoms. The molecule has 3 aliphatic heterocycles. The fourth-order valence-corrected chi connectivity index (χ4v) is 8.11. The third-order valence-electron chi connectivity index (χ3n) is 11.0. The first-order chi connectivity index (χ1) is 26.4. The van der Waals surface area contributed by atoms with E-state index in [1.165, 1.54) is 12.0 Å². The molecule has 3 fully saturated rings. The van der Waals surface area contributed by atoms with Gasteiger partial charge in [-0.05, 0) is 79.1 Å². The minimum atomic E-state index is -0.364. The lowest BCUT2D eigenvalue weighted by molar-refractivity contribution is 0.0904. The fraction of sp³-hybridized carbons (Fsp3) is 0.405. The zero-order valence-corrected chi connectivity index (χ0v) is 31.1. The van der Waals surface area contributed by atoms with Crippen molar-refractivity contribution in [2.24, 2.45) is 0 Å². The Morgan fingerprint density at radius 1 is 0.889 bits per heavy atom. The quantitative estimate of drug-likeness (QED) is 0.131. The molecule has 3 aromatic heterocycles. The van der Waals surface area contributed by atoms with Gasteiger partial charge in [0, 0.05) is 81.9 Å². The fourth-order valence-electron chi connectivity index (χ4n) is 8.11. The number of carbonyl (C=O) groups excluding carboxylic acids is 2. The summed E-state index contributed by atoms with van der Waals surface area (Å²) < 4.78 is 7.50. The molecule has 5 aromatic rings. The maximum absolute atomic E-state index is 13.5. The molecule has 0 unspecified atom stereocenters. The number of fused-ring (bicyclic) bond motifs is 3. The van der Waals surface area contributed by atoms with Gasteiger partial charge >= 0.3 is 0 Å². The summed E-state index contributed by atoms with van der Waals surface area (Å²) in [5, 5.41) is 18.9. The SMILES string of the molecule is CCc1nc2c(cnn2CC)c(NC2CCOCC2)c1CNC(=O)c1cccc(C(=O)NCc2cccc(-c3cccc(CN4C[C@H]5C[C@@H]4CN5)c3)c2)n1. The molecule has 0 saturated carbocycles. The Morgan fingerprint density at radius 3 is 2.28 bits per heavy atom. The molecule has 2 amide bonds. The Balaban J connectivity index is 0.921. The third kappa shape index (κ3) is 7.73. The molecule has 3 aliphatic rings. The average molecular weight is 728 g/mol. The van der Waals surface area contributed by atoms with Gasteiger partial charge in [-0.3, -0.25) is 14.5 Å². The van der Waals surface area contributed by atoms with Gasteiger partial charge in [-0.2, -0.15) is 5.10 Å². The molecule has 8 rings (SSSR count). The van der Waals surface area contributed by atoms with Crippen molar-refractivity contribution in [1.29, 1.82) is 0 Å². The Hall–Kier alpha value is -5.17. The van der Waals surface area contributed by atoms with Crippen LogP contribution in [-0.4, -0.2) is 80.9 Å². The smallest absolute Gasteiger partial charge is 0.270 e. The number of likely N-dealkylation sites (tertiary alicyclic amines) is 1. The van der Waals surface area contributed by atoms with Gasteiger partial charge in [0.05, 0.1) is 17.3 Å². The van der Waals surface area contributed by atoms with Gasteiger partial charge < -0.3 is 26.0 Å². The highest BCUT2D eigenvalue weighted by Gasteiger charge is 2.37. The molecule has 2 aromatic carbocycles. The predicted octanol–water partition coefficient (Wildman–Crippen LogP) is 5.07. The van der Waals surface area contributed by atoms with Crippen LogP contribution in [0.4, 0.5) is 5.69 Å². The lowest BCUT2D eigenvalue weighted by Crippen LogP contribution is -2.42. The molecule has 4 N–H and O–H groups in total. The zero-order chi connectivity index (χ0) is 37.0. The van der Waals surface area contributed by atoms with Gasteiger partial charge in [0.15, 0.2) is 5.65 Å². The average Bonchev–Trinajstić information content (AvgIpc) is 3.96. The van der Waals surface area contributed by atoms with E-state index in [4.69, 9.17) is 9.72 Å². The normalized spacial score (nSPS) is 18.6. The summed E-state index contributed by atoms with van der Waals surface area (Å²) in [7, 11) is 0. The van der Waals surface area contributed by atoms with Crippen molar-refractivity contribution >= 4 is 28.5 Å². The Kier molecular flexibility index (Phi) is 10.7. The van der Waals surface area contributed by atoms with Crippen LogP contribution in [-0.2, 0) is 37.3 Å². The van der Waals surface area contributed by atoms with E-state index in [2.05, 4.69) is 86.5 Å². The molecule has 3 saturated heterocycles. The number of pyridine rings is 2. The monoisotopic (exact) mass is 727 g/mol. The Morgan fingerprint density at radius 2 is 1.59 bits per heavy atom. The Labute approximate surface area is 316 Å². The van der Waals surface area contributed by atoms with Crippen molar-refractivity contribution in [1.82, 2.24) is 40.6 Å². The molecule has 12 nitrogen and oxygen atoms in total. The van der Waals surface area contributed by atoms with Crippen LogP contribution in [0.1, 0.15) is 76.5 Å². The maximum Gasteiger partial charge on any atom is 0.270 e. The predicted molar refractivity (Wildman–Crippen MR) is 209 cm³/mol. The van der Waals surface area contributed by atoms with Gasteiger partial charge in [-0.15, -0.1) is 0 Å². The van der Waals surface area contributed by atoms with Gasteiger partial charge in [-0.1, -0.05) is 49.4 Å². The summed E-state index contributed by atoms with van der Waals surface area (Å²) in [4.78, 5) is 38.9. The van der Waals surface area contributed by atoms with E-state index >= 15 is 0 Å². The van der Waals surface area contributed by atoms with Crippen LogP contribution in [0, 0.1) is 0 Å². The maximum atomic E-state index is 13.5. The number of benzene rings is 2. The number of nitrogens with zero attached hydrogens (tertiary/aromatic N) is 5. The van der Waals surface area contributed by atoms with Crippen molar-refractivity contribution in [2.45, 2.75) is 83.8 Å². The highest BCUT2D eigenvalue weighted by molar-refractivity contribution is 5.97. The van der Waals surface area contributed by atoms with Gasteiger partial charge in [0.1, 0.15) is 11.4 Å². The molecule has 0 radical (unpaired) electrons. The number of hydrogen-bond donors (Lipinski definition) is 4. The minimum absolute atomic E-state index is 0.173. The zero-order valence-electron chi connectivity index (χ0n) is 31.1. The van der Waals surface area contributed by atoms with Gasteiger partial charge in [0.25, 0.3) is 11.8 Å². The molecule has 2 atom stereocenters. The summed E-state index contributed by atoms with van der Waals surface area (Å²) in [6.07, 6.45) is 5.59. The second-order valence-electron chi connectivity index (χ2n) is 14.6. The van der Waals surface area contributed by atoms with Crippen LogP contribution in [0.2, 0.25) is 0 Å². The molecule has 12 heteroatoms. The van der Waals surface area contributed by atoms with Crippen LogP contribution >= 0.6 is 0 Å². The van der Waals surface area contributed by atoms with E-state index in [-0.39, 0.29) is 35.8 Å². The van der Waals surface area contributed by atoms with Crippen LogP contribution in [0.3, 0.4) is 0 Å². The standard InChI is InChI=1S/C42H49N9O3/c1-3-36-34(39(47-31-14-16-54-17-15-31)35-24-46-51(4-2)40(35)49-36)23-45-42(53)38-13-7-12-37(48-38)41(52)44-21-27-8-5-10-29(18-27)30-11-6-9-28(19-30)25-50-26-32-20-33(50)22-43-32/h5-13,18-19,24,31-33,43H,3-4,14-17,20-23,25-26H2,1-2H3,(H,44,52)(H,45,53)(H,47,49)/t32-,33-/m1/s1. The highest BCUT2D eigenvalue weighted by Crippen LogP contribution is 2.32. The van der Waals surface area contributed by atoms with Crippen molar-refractivity contribution < 1.29 is 14.3 Å². The van der Waals surface area contributed by atoms with E-state index in [0.717, 1.165) is 77.1 Å². The minimum Gasteiger partial charge on any atom is -0.381 e. The second kappa shape index (κ2) is 16.1. The summed E-state index contributed by atoms with van der Waals surface area (Å²) in [6, 6.07) is 23.5. The van der Waals surface area contributed by atoms with E-state index in [9.17, 15) is 9.59 Å². The number of amides is 2. The van der Waals surface area contributed by atoms with E-state index in [1.54, 1.807) is 18.2 Å². The molecule has 0 spiro atoms.